The summed E-state index contributed by atoms with van der Waals surface area (Å²) >= 11 is 0. The van der Waals surface area contributed by atoms with E-state index in [9.17, 15) is 9.59 Å². The van der Waals surface area contributed by atoms with Gasteiger partial charge in [-0.15, -0.1) is 0 Å². The lowest BCUT2D eigenvalue weighted by Crippen LogP contribution is -2.44. The molecule has 6 nitrogen and oxygen atoms in total. The van der Waals surface area contributed by atoms with E-state index in [-0.39, 0.29) is 18.0 Å². The predicted molar refractivity (Wildman–Crippen MR) is 63.9 cm³/mol. The molecule has 0 aromatic heterocycles. The van der Waals surface area contributed by atoms with Crippen molar-refractivity contribution < 1.29 is 19.4 Å². The number of nitrogens with two attached hydrogens (primary N) is 1. The summed E-state index contributed by atoms with van der Waals surface area (Å²) in [4.78, 5) is 22.6. The Morgan fingerprint density at radius 1 is 1.06 bits per heavy atom. The highest BCUT2D eigenvalue weighted by molar-refractivity contribution is 5.82. The molecule has 0 spiro atoms. The molecular formula is C12H20N2O4. The standard InChI is InChI=1S/C12H20N2O4/c13-7-1-3-8(4-2-7)14-11(15)9-5-6-10(18-9)12(16)17/h7-10H,1-6,13H2,(H,14,15)(H,16,17). The van der Waals surface area contributed by atoms with Crippen molar-refractivity contribution in [2.24, 2.45) is 5.73 Å². The first-order valence-electron chi connectivity index (χ1n) is 6.50. The smallest absolute Gasteiger partial charge is 0.332 e. The van der Waals surface area contributed by atoms with Gasteiger partial charge >= 0.3 is 5.97 Å². The first-order chi connectivity index (χ1) is 8.56. The third-order valence-corrected chi connectivity index (χ3v) is 3.71. The maximum atomic E-state index is 11.9. The minimum Gasteiger partial charge on any atom is -0.479 e. The van der Waals surface area contributed by atoms with Gasteiger partial charge in [0.05, 0.1) is 0 Å². The summed E-state index contributed by atoms with van der Waals surface area (Å²) in [5, 5.41) is 11.7. The first kappa shape index (κ1) is 13.3. The summed E-state index contributed by atoms with van der Waals surface area (Å²) in [6, 6.07) is 0.405. The van der Waals surface area contributed by atoms with Gasteiger partial charge in [0.1, 0.15) is 6.10 Å². The van der Waals surface area contributed by atoms with Crippen LogP contribution in [0.2, 0.25) is 0 Å². The lowest BCUT2D eigenvalue weighted by Gasteiger charge is -2.27. The number of carbonyl (C=O) groups excluding carboxylic acids is 1. The van der Waals surface area contributed by atoms with Gasteiger partial charge in [-0.2, -0.15) is 0 Å². The van der Waals surface area contributed by atoms with Gasteiger partial charge in [-0.05, 0) is 38.5 Å². The Bertz CT molecular complexity index is 326. The second kappa shape index (κ2) is 5.67. The van der Waals surface area contributed by atoms with Crippen molar-refractivity contribution in [1.29, 1.82) is 0 Å². The zero-order chi connectivity index (χ0) is 13.1. The number of aliphatic carboxylic acids is 1. The summed E-state index contributed by atoms with van der Waals surface area (Å²) < 4.78 is 5.21. The third-order valence-electron chi connectivity index (χ3n) is 3.71. The molecule has 4 N–H and O–H groups in total. The Kier molecular flexibility index (Phi) is 4.19. The zero-order valence-electron chi connectivity index (χ0n) is 10.3. The van der Waals surface area contributed by atoms with Crippen molar-refractivity contribution in [3.63, 3.8) is 0 Å². The fraction of sp³-hybridized carbons (Fsp3) is 0.833. The molecule has 18 heavy (non-hydrogen) atoms. The SMILES string of the molecule is NC1CCC(NC(=O)C2CCC(C(=O)O)O2)CC1. The molecule has 1 heterocycles. The Morgan fingerprint density at radius 2 is 1.67 bits per heavy atom. The van der Waals surface area contributed by atoms with Gasteiger partial charge in [-0.3, -0.25) is 4.79 Å². The first-order valence-corrected chi connectivity index (χ1v) is 6.50. The van der Waals surface area contributed by atoms with E-state index in [1.54, 1.807) is 0 Å². The van der Waals surface area contributed by atoms with E-state index >= 15 is 0 Å². The minimum absolute atomic E-state index is 0.157. The van der Waals surface area contributed by atoms with Crippen molar-refractivity contribution in [3.05, 3.63) is 0 Å². The fourth-order valence-electron chi connectivity index (χ4n) is 2.57. The second-order valence-electron chi connectivity index (χ2n) is 5.15. The summed E-state index contributed by atoms with van der Waals surface area (Å²) in [5.74, 6) is -1.17. The van der Waals surface area contributed by atoms with Crippen LogP contribution in [0.5, 0.6) is 0 Å². The van der Waals surface area contributed by atoms with Gasteiger partial charge in [-0.25, -0.2) is 4.79 Å². The molecule has 1 saturated carbocycles. The Labute approximate surface area is 106 Å². The number of carbonyl (C=O) groups is 2. The summed E-state index contributed by atoms with van der Waals surface area (Å²) in [5.41, 5.74) is 5.80. The second-order valence-corrected chi connectivity index (χ2v) is 5.15. The molecule has 2 aliphatic rings. The van der Waals surface area contributed by atoms with Crippen LogP contribution in [-0.4, -0.2) is 41.3 Å². The van der Waals surface area contributed by atoms with Crippen LogP contribution in [0.1, 0.15) is 38.5 Å². The molecule has 1 aliphatic carbocycles. The summed E-state index contributed by atoms with van der Waals surface area (Å²) in [7, 11) is 0. The number of ether oxygens (including phenoxy) is 1. The number of hydrogen-bond acceptors (Lipinski definition) is 4. The van der Waals surface area contributed by atoms with Gasteiger partial charge in [0, 0.05) is 12.1 Å². The quantitative estimate of drug-likeness (QED) is 0.660. The van der Waals surface area contributed by atoms with Crippen LogP contribution < -0.4 is 11.1 Å². The average Bonchev–Trinajstić information content (AvgIpc) is 2.81. The summed E-state index contributed by atoms with van der Waals surface area (Å²) in [6.45, 7) is 0. The van der Waals surface area contributed by atoms with Crippen molar-refractivity contribution in [2.45, 2.75) is 62.8 Å². The number of hydrogen-bond donors (Lipinski definition) is 3. The van der Waals surface area contributed by atoms with Crippen LogP contribution in [-0.2, 0) is 14.3 Å². The lowest BCUT2D eigenvalue weighted by atomic mass is 9.91. The average molecular weight is 256 g/mol. The molecule has 0 bridgehead atoms. The van der Waals surface area contributed by atoms with E-state index in [4.69, 9.17) is 15.6 Å². The van der Waals surface area contributed by atoms with E-state index in [2.05, 4.69) is 5.32 Å². The topological polar surface area (TPSA) is 102 Å². The lowest BCUT2D eigenvalue weighted by molar-refractivity contribution is -0.152. The van der Waals surface area contributed by atoms with Crippen molar-refractivity contribution in [2.75, 3.05) is 0 Å². The molecular weight excluding hydrogens is 236 g/mol. The van der Waals surface area contributed by atoms with E-state index < -0.39 is 18.2 Å². The molecule has 0 radical (unpaired) electrons. The van der Waals surface area contributed by atoms with Gasteiger partial charge in [0.25, 0.3) is 0 Å². The normalized spacial score (nSPS) is 36.3. The molecule has 2 atom stereocenters. The maximum absolute atomic E-state index is 11.9. The van der Waals surface area contributed by atoms with Gasteiger partial charge < -0.3 is 20.9 Å². The minimum atomic E-state index is -0.992. The number of nitrogens with one attached hydrogen (secondary N) is 1. The van der Waals surface area contributed by atoms with Crippen LogP contribution in [0.3, 0.4) is 0 Å². The molecule has 2 unspecified atom stereocenters. The molecule has 1 saturated heterocycles. The van der Waals surface area contributed by atoms with Crippen LogP contribution in [0.15, 0.2) is 0 Å². The van der Waals surface area contributed by atoms with Crippen molar-refractivity contribution in [1.82, 2.24) is 5.32 Å². The van der Waals surface area contributed by atoms with Crippen LogP contribution in [0, 0.1) is 0 Å². The predicted octanol–water partition coefficient (Wildman–Crippen LogP) is 0.00470. The Hall–Kier alpha value is -1.14. The van der Waals surface area contributed by atoms with E-state index in [0.717, 1.165) is 25.7 Å². The Balaban J connectivity index is 1.77. The molecule has 6 heteroatoms. The van der Waals surface area contributed by atoms with Crippen molar-refractivity contribution >= 4 is 11.9 Å². The highest BCUT2D eigenvalue weighted by Gasteiger charge is 2.35. The molecule has 0 aromatic rings. The molecule has 1 amide bonds. The van der Waals surface area contributed by atoms with Crippen molar-refractivity contribution in [3.8, 4) is 0 Å². The molecule has 1 aliphatic heterocycles. The van der Waals surface area contributed by atoms with Crippen LogP contribution in [0.4, 0.5) is 0 Å². The zero-order valence-corrected chi connectivity index (χ0v) is 10.3. The van der Waals surface area contributed by atoms with Crippen LogP contribution >= 0.6 is 0 Å². The molecule has 2 fully saturated rings. The number of rotatable bonds is 3. The van der Waals surface area contributed by atoms with Gasteiger partial charge in [0.15, 0.2) is 6.10 Å². The van der Waals surface area contributed by atoms with E-state index in [1.807, 2.05) is 0 Å². The molecule has 102 valence electrons. The maximum Gasteiger partial charge on any atom is 0.332 e. The highest BCUT2D eigenvalue weighted by Crippen LogP contribution is 2.22. The summed E-state index contributed by atoms with van der Waals surface area (Å²) in [6.07, 6.45) is 3.08. The monoisotopic (exact) mass is 256 g/mol. The molecule has 0 aromatic carbocycles. The van der Waals surface area contributed by atoms with Gasteiger partial charge in [-0.1, -0.05) is 0 Å². The number of carboxylic acid groups (broad SMARTS) is 1. The molecule has 2 rings (SSSR count). The number of carboxylic acids is 1. The highest BCUT2D eigenvalue weighted by atomic mass is 16.5. The fourth-order valence-corrected chi connectivity index (χ4v) is 2.57. The van der Waals surface area contributed by atoms with E-state index in [0.29, 0.717) is 12.8 Å². The third kappa shape index (κ3) is 3.20. The van der Waals surface area contributed by atoms with Gasteiger partial charge in [0.2, 0.25) is 5.91 Å². The Morgan fingerprint density at radius 3 is 2.22 bits per heavy atom. The largest absolute Gasteiger partial charge is 0.479 e. The van der Waals surface area contributed by atoms with Crippen LogP contribution in [0.25, 0.3) is 0 Å². The van der Waals surface area contributed by atoms with E-state index in [1.165, 1.54) is 0 Å². The number of amides is 1.